The van der Waals surface area contributed by atoms with Crippen molar-refractivity contribution in [3.8, 4) is 0 Å². The van der Waals surface area contributed by atoms with E-state index in [1.54, 1.807) is 12.1 Å². The molecule has 1 aliphatic heterocycles. The fourth-order valence-electron chi connectivity index (χ4n) is 2.24. The van der Waals surface area contributed by atoms with Crippen LogP contribution in [0.4, 0.5) is 5.69 Å². The summed E-state index contributed by atoms with van der Waals surface area (Å²) in [5.41, 5.74) is -0.0480. The summed E-state index contributed by atoms with van der Waals surface area (Å²) in [6.45, 7) is 9.74. The first-order valence-corrected chi connectivity index (χ1v) is 6.23. The van der Waals surface area contributed by atoms with Gasteiger partial charge in [0.05, 0.1) is 16.1 Å². The van der Waals surface area contributed by atoms with Crippen LogP contribution in [0, 0.1) is 10.1 Å². The van der Waals surface area contributed by atoms with Gasteiger partial charge in [-0.3, -0.25) is 10.1 Å². The van der Waals surface area contributed by atoms with Crippen molar-refractivity contribution in [2.24, 2.45) is 0 Å². The predicted molar refractivity (Wildman–Crippen MR) is 70.8 cm³/mol. The van der Waals surface area contributed by atoms with Gasteiger partial charge in [-0.15, -0.1) is 0 Å². The Balaban J connectivity index is 2.35. The van der Waals surface area contributed by atoms with Gasteiger partial charge in [0, 0.05) is 17.7 Å². The van der Waals surface area contributed by atoms with E-state index in [9.17, 15) is 10.1 Å². The Kier molecular flexibility index (Phi) is 2.95. The molecule has 0 radical (unpaired) electrons. The van der Waals surface area contributed by atoms with Gasteiger partial charge in [0.1, 0.15) is 0 Å². The third-order valence-corrected chi connectivity index (χ3v) is 3.95. The minimum absolute atomic E-state index is 0.0591. The lowest BCUT2D eigenvalue weighted by atomic mass is 9.90. The Labute approximate surface area is 112 Å². The fraction of sp³-hybridized carbons (Fsp3) is 0.571. The van der Waals surface area contributed by atoms with Crippen LogP contribution in [-0.4, -0.2) is 16.1 Å². The standard InChI is InChI=1S/C14H19NO4/c1-12(2)13(3,4)19-14(5,18-12)10-6-8-11(9-7-10)15(16)17/h6-9H,1-5H3. The van der Waals surface area contributed by atoms with Gasteiger partial charge in [-0.1, -0.05) is 0 Å². The van der Waals surface area contributed by atoms with E-state index in [-0.39, 0.29) is 5.69 Å². The first-order chi connectivity index (χ1) is 8.57. The van der Waals surface area contributed by atoms with Crippen LogP contribution in [0.1, 0.15) is 40.2 Å². The highest BCUT2D eigenvalue weighted by atomic mass is 16.8. The monoisotopic (exact) mass is 265 g/mol. The van der Waals surface area contributed by atoms with E-state index in [4.69, 9.17) is 9.47 Å². The lowest BCUT2D eigenvalue weighted by molar-refractivity contribution is -0.384. The molecule has 2 rings (SSSR count). The number of ether oxygens (including phenoxy) is 2. The second kappa shape index (κ2) is 4.02. The molecule has 1 aromatic carbocycles. The highest BCUT2D eigenvalue weighted by Gasteiger charge is 2.55. The van der Waals surface area contributed by atoms with Gasteiger partial charge in [0.2, 0.25) is 0 Å². The summed E-state index contributed by atoms with van der Waals surface area (Å²) in [5.74, 6) is -0.887. The minimum Gasteiger partial charge on any atom is -0.337 e. The van der Waals surface area contributed by atoms with Crippen LogP contribution in [0.3, 0.4) is 0 Å². The predicted octanol–water partition coefficient (Wildman–Crippen LogP) is 3.37. The molecule has 1 heterocycles. The number of non-ortho nitro benzene ring substituents is 1. The van der Waals surface area contributed by atoms with Gasteiger partial charge in [-0.05, 0) is 46.8 Å². The van der Waals surface area contributed by atoms with Crippen molar-refractivity contribution in [1.82, 2.24) is 0 Å². The van der Waals surface area contributed by atoms with E-state index in [2.05, 4.69) is 0 Å². The van der Waals surface area contributed by atoms with E-state index in [1.807, 2.05) is 34.6 Å². The molecule has 0 saturated carbocycles. The number of hydrogen-bond donors (Lipinski definition) is 0. The molecule has 0 aromatic heterocycles. The SMILES string of the molecule is CC1(c2ccc([N+](=O)[O-])cc2)OC(C)(C)C(C)(C)O1. The average Bonchev–Trinajstić information content (AvgIpc) is 2.44. The molecule has 1 aliphatic rings. The maximum atomic E-state index is 10.7. The molecule has 0 amide bonds. The molecule has 1 fully saturated rings. The van der Waals surface area contributed by atoms with E-state index in [1.165, 1.54) is 12.1 Å². The zero-order valence-corrected chi connectivity index (χ0v) is 11.9. The Morgan fingerprint density at radius 2 is 1.37 bits per heavy atom. The lowest BCUT2D eigenvalue weighted by Crippen LogP contribution is -2.41. The molecule has 0 bridgehead atoms. The summed E-state index contributed by atoms with van der Waals surface area (Å²) in [6.07, 6.45) is 0. The second-order valence-corrected chi connectivity index (χ2v) is 5.97. The number of rotatable bonds is 2. The summed E-state index contributed by atoms with van der Waals surface area (Å²) >= 11 is 0. The van der Waals surface area contributed by atoms with Crippen LogP contribution >= 0.6 is 0 Å². The van der Waals surface area contributed by atoms with Crippen LogP contribution < -0.4 is 0 Å². The Hall–Kier alpha value is -1.46. The van der Waals surface area contributed by atoms with Crippen molar-refractivity contribution < 1.29 is 14.4 Å². The van der Waals surface area contributed by atoms with E-state index < -0.39 is 21.9 Å². The van der Waals surface area contributed by atoms with Gasteiger partial charge in [0.15, 0.2) is 5.79 Å². The second-order valence-electron chi connectivity index (χ2n) is 5.97. The molecule has 0 N–H and O–H groups in total. The average molecular weight is 265 g/mol. The smallest absolute Gasteiger partial charge is 0.269 e. The van der Waals surface area contributed by atoms with Crippen LogP contribution in [0.5, 0.6) is 0 Å². The van der Waals surface area contributed by atoms with E-state index in [0.717, 1.165) is 5.56 Å². The van der Waals surface area contributed by atoms with Gasteiger partial charge in [-0.2, -0.15) is 0 Å². The number of nitro benzene ring substituents is 1. The van der Waals surface area contributed by atoms with Crippen molar-refractivity contribution in [2.45, 2.75) is 51.6 Å². The molecular weight excluding hydrogens is 246 g/mol. The number of nitrogens with zero attached hydrogens (tertiary/aromatic N) is 1. The van der Waals surface area contributed by atoms with Gasteiger partial charge in [0.25, 0.3) is 5.69 Å². The Morgan fingerprint density at radius 3 is 1.74 bits per heavy atom. The fourth-order valence-corrected chi connectivity index (χ4v) is 2.24. The molecule has 5 heteroatoms. The number of nitro groups is 1. The largest absolute Gasteiger partial charge is 0.337 e. The van der Waals surface area contributed by atoms with Crippen molar-refractivity contribution in [2.75, 3.05) is 0 Å². The van der Waals surface area contributed by atoms with Gasteiger partial charge >= 0.3 is 0 Å². The van der Waals surface area contributed by atoms with E-state index >= 15 is 0 Å². The Bertz CT molecular complexity index is 489. The third kappa shape index (κ3) is 2.24. The topological polar surface area (TPSA) is 61.6 Å². The molecular formula is C14H19NO4. The van der Waals surface area contributed by atoms with Gasteiger partial charge < -0.3 is 9.47 Å². The van der Waals surface area contributed by atoms with E-state index in [0.29, 0.717) is 0 Å². The third-order valence-electron chi connectivity index (χ3n) is 3.95. The zero-order chi connectivity index (χ0) is 14.5. The Morgan fingerprint density at radius 1 is 0.947 bits per heavy atom. The summed E-state index contributed by atoms with van der Waals surface area (Å²) in [5, 5.41) is 10.7. The van der Waals surface area contributed by atoms with Crippen molar-refractivity contribution >= 4 is 5.69 Å². The molecule has 0 spiro atoms. The highest BCUT2D eigenvalue weighted by Crippen LogP contribution is 2.48. The van der Waals surface area contributed by atoms with Crippen molar-refractivity contribution in [3.63, 3.8) is 0 Å². The first-order valence-electron chi connectivity index (χ1n) is 6.23. The molecule has 1 aromatic rings. The summed E-state index contributed by atoms with van der Waals surface area (Å²) < 4.78 is 12.1. The minimum atomic E-state index is -0.887. The normalized spacial score (nSPS) is 23.2. The molecule has 0 aliphatic carbocycles. The number of benzene rings is 1. The maximum absolute atomic E-state index is 10.7. The number of hydrogen-bond acceptors (Lipinski definition) is 4. The molecule has 5 nitrogen and oxygen atoms in total. The summed E-state index contributed by atoms with van der Waals surface area (Å²) in [7, 11) is 0. The van der Waals surface area contributed by atoms with Crippen molar-refractivity contribution in [3.05, 3.63) is 39.9 Å². The zero-order valence-electron chi connectivity index (χ0n) is 11.9. The quantitative estimate of drug-likeness (QED) is 0.607. The molecule has 1 saturated heterocycles. The summed E-state index contributed by atoms with van der Waals surface area (Å²) in [6, 6.07) is 6.28. The van der Waals surface area contributed by atoms with Crippen LogP contribution in [0.2, 0.25) is 0 Å². The van der Waals surface area contributed by atoms with Crippen LogP contribution in [0.15, 0.2) is 24.3 Å². The molecule has 0 atom stereocenters. The van der Waals surface area contributed by atoms with Crippen LogP contribution in [-0.2, 0) is 15.3 Å². The highest BCUT2D eigenvalue weighted by molar-refractivity contribution is 5.35. The first kappa shape index (κ1) is 14.0. The van der Waals surface area contributed by atoms with Crippen molar-refractivity contribution in [1.29, 1.82) is 0 Å². The van der Waals surface area contributed by atoms with Gasteiger partial charge in [-0.25, -0.2) is 0 Å². The van der Waals surface area contributed by atoms with Crippen LogP contribution in [0.25, 0.3) is 0 Å². The molecule has 104 valence electrons. The lowest BCUT2D eigenvalue weighted by Gasteiger charge is -2.30. The molecule has 19 heavy (non-hydrogen) atoms. The maximum Gasteiger partial charge on any atom is 0.269 e. The molecule has 0 unspecified atom stereocenters. The summed E-state index contributed by atoms with van der Waals surface area (Å²) in [4.78, 5) is 10.2.